The van der Waals surface area contributed by atoms with Gasteiger partial charge < -0.3 is 9.88 Å². The van der Waals surface area contributed by atoms with Crippen LogP contribution in [0, 0.1) is 12.7 Å². The summed E-state index contributed by atoms with van der Waals surface area (Å²) in [7, 11) is 0. The molecule has 27 heavy (non-hydrogen) atoms. The SMILES string of the molecule is Cc1cc2nc3n(c(=O)c2n1CC(=O)Nc1ccc(Cl)cc1F)CCCC3. The van der Waals surface area contributed by atoms with E-state index in [-0.39, 0.29) is 22.8 Å². The van der Waals surface area contributed by atoms with Gasteiger partial charge in [-0.15, -0.1) is 0 Å². The van der Waals surface area contributed by atoms with E-state index in [4.69, 9.17) is 11.6 Å². The molecule has 0 bridgehead atoms. The molecule has 3 heterocycles. The summed E-state index contributed by atoms with van der Waals surface area (Å²) < 4.78 is 17.2. The van der Waals surface area contributed by atoms with Crippen LogP contribution < -0.4 is 10.9 Å². The molecular weight excluding hydrogens is 371 g/mol. The highest BCUT2D eigenvalue weighted by Crippen LogP contribution is 2.21. The van der Waals surface area contributed by atoms with Gasteiger partial charge in [0.25, 0.3) is 5.56 Å². The van der Waals surface area contributed by atoms with Crippen molar-refractivity contribution >= 4 is 34.2 Å². The van der Waals surface area contributed by atoms with E-state index < -0.39 is 11.7 Å². The molecule has 0 spiro atoms. The van der Waals surface area contributed by atoms with Gasteiger partial charge in [0.05, 0.1) is 11.2 Å². The minimum Gasteiger partial charge on any atom is -0.330 e. The number of aryl methyl sites for hydroxylation is 2. The second-order valence-corrected chi connectivity index (χ2v) is 7.16. The molecule has 6 nitrogen and oxygen atoms in total. The van der Waals surface area contributed by atoms with Gasteiger partial charge in [-0.05, 0) is 44.0 Å². The fraction of sp³-hybridized carbons (Fsp3) is 0.316. The van der Waals surface area contributed by atoms with Crippen LogP contribution in [0.1, 0.15) is 24.4 Å². The van der Waals surface area contributed by atoms with E-state index in [0.717, 1.165) is 36.8 Å². The Kier molecular flexibility index (Phi) is 4.47. The molecule has 4 rings (SSSR count). The number of nitrogens with zero attached hydrogens (tertiary/aromatic N) is 3. The van der Waals surface area contributed by atoms with Gasteiger partial charge in [-0.1, -0.05) is 11.6 Å². The Hall–Kier alpha value is -2.67. The topological polar surface area (TPSA) is 68.9 Å². The van der Waals surface area contributed by atoms with Crippen molar-refractivity contribution in [2.24, 2.45) is 0 Å². The molecule has 3 aromatic rings. The molecule has 1 aromatic carbocycles. The highest BCUT2D eigenvalue weighted by Gasteiger charge is 2.20. The monoisotopic (exact) mass is 388 g/mol. The predicted octanol–water partition coefficient (Wildman–Crippen LogP) is 3.27. The standard InChI is InChI=1S/C19H18ClFN4O2/c1-11-8-15-18(19(27)24-7-3-2-4-16(24)22-15)25(11)10-17(26)23-14-6-5-12(20)9-13(14)21/h5-6,8-9H,2-4,7,10H2,1H3,(H,23,26). The zero-order valence-corrected chi connectivity index (χ0v) is 15.5. The first-order chi connectivity index (χ1) is 12.9. The number of rotatable bonds is 3. The first kappa shape index (κ1) is 17.7. The predicted molar refractivity (Wildman–Crippen MR) is 102 cm³/mol. The van der Waals surface area contributed by atoms with Gasteiger partial charge in [0.1, 0.15) is 23.7 Å². The third-order valence-electron chi connectivity index (χ3n) is 4.83. The summed E-state index contributed by atoms with van der Waals surface area (Å²) in [5.74, 6) is -0.247. The molecule has 0 saturated heterocycles. The molecule has 2 aromatic heterocycles. The number of halogens is 2. The third-order valence-corrected chi connectivity index (χ3v) is 5.07. The minimum atomic E-state index is -0.610. The number of hydrogen-bond donors (Lipinski definition) is 1. The van der Waals surface area contributed by atoms with E-state index in [1.165, 1.54) is 12.1 Å². The lowest BCUT2D eigenvalue weighted by atomic mass is 10.1. The van der Waals surface area contributed by atoms with Crippen LogP contribution in [0.15, 0.2) is 29.1 Å². The van der Waals surface area contributed by atoms with Crippen LogP contribution in [0.2, 0.25) is 5.02 Å². The quantitative estimate of drug-likeness (QED) is 0.748. The van der Waals surface area contributed by atoms with Gasteiger partial charge in [0, 0.05) is 23.7 Å². The third kappa shape index (κ3) is 3.23. The van der Waals surface area contributed by atoms with Crippen molar-refractivity contribution < 1.29 is 9.18 Å². The number of hydrogen-bond acceptors (Lipinski definition) is 3. The maximum absolute atomic E-state index is 13.9. The second kappa shape index (κ2) is 6.81. The summed E-state index contributed by atoms with van der Waals surface area (Å²) in [5.41, 5.74) is 1.67. The Morgan fingerprint density at radius 2 is 2.15 bits per heavy atom. The zero-order chi connectivity index (χ0) is 19.1. The summed E-state index contributed by atoms with van der Waals surface area (Å²) in [6.45, 7) is 2.36. The molecule has 0 atom stereocenters. The summed E-state index contributed by atoms with van der Waals surface area (Å²) in [6.07, 6.45) is 2.74. The van der Waals surface area contributed by atoms with Crippen LogP contribution in [-0.2, 0) is 24.3 Å². The molecule has 1 amide bonds. The number of carbonyl (C=O) groups is 1. The molecule has 0 saturated carbocycles. The Bertz CT molecular complexity index is 1120. The largest absolute Gasteiger partial charge is 0.330 e. The van der Waals surface area contributed by atoms with E-state index in [1.54, 1.807) is 9.13 Å². The average Bonchev–Trinajstić information content (AvgIpc) is 2.93. The van der Waals surface area contributed by atoms with E-state index in [0.29, 0.717) is 17.6 Å². The van der Waals surface area contributed by atoms with E-state index >= 15 is 0 Å². The fourth-order valence-corrected chi connectivity index (χ4v) is 3.67. The Balaban J connectivity index is 1.68. The molecular formula is C19H18ClFN4O2. The molecule has 0 radical (unpaired) electrons. The Labute approximate surface area is 159 Å². The number of carbonyl (C=O) groups excluding carboxylic acids is 1. The van der Waals surface area contributed by atoms with Crippen LogP contribution in [-0.4, -0.2) is 20.0 Å². The lowest BCUT2D eigenvalue weighted by molar-refractivity contribution is -0.116. The summed E-state index contributed by atoms with van der Waals surface area (Å²) in [6, 6.07) is 5.85. The Morgan fingerprint density at radius 3 is 2.93 bits per heavy atom. The number of benzene rings is 1. The van der Waals surface area contributed by atoms with Gasteiger partial charge in [-0.2, -0.15) is 0 Å². The van der Waals surface area contributed by atoms with Crippen molar-refractivity contribution in [3.63, 3.8) is 0 Å². The van der Waals surface area contributed by atoms with Crippen LogP contribution in [0.25, 0.3) is 11.0 Å². The second-order valence-electron chi connectivity index (χ2n) is 6.72. The summed E-state index contributed by atoms with van der Waals surface area (Å²) >= 11 is 5.73. The fourth-order valence-electron chi connectivity index (χ4n) is 3.52. The Morgan fingerprint density at radius 1 is 1.33 bits per heavy atom. The summed E-state index contributed by atoms with van der Waals surface area (Å²) in [5, 5.41) is 2.78. The average molecular weight is 389 g/mol. The molecule has 8 heteroatoms. The lowest BCUT2D eigenvalue weighted by Crippen LogP contribution is -2.30. The highest BCUT2D eigenvalue weighted by atomic mass is 35.5. The first-order valence-corrected chi connectivity index (χ1v) is 9.16. The maximum atomic E-state index is 13.9. The molecule has 1 aliphatic heterocycles. The van der Waals surface area contributed by atoms with Gasteiger partial charge in [-0.25, -0.2) is 9.37 Å². The number of fused-ring (bicyclic) bond motifs is 2. The lowest BCUT2D eigenvalue weighted by Gasteiger charge is -2.17. The summed E-state index contributed by atoms with van der Waals surface area (Å²) in [4.78, 5) is 30.0. The van der Waals surface area contributed by atoms with Crippen molar-refractivity contribution in [1.29, 1.82) is 0 Å². The molecule has 140 valence electrons. The van der Waals surface area contributed by atoms with Gasteiger partial charge in [-0.3, -0.25) is 14.2 Å². The normalized spacial score (nSPS) is 13.6. The van der Waals surface area contributed by atoms with Crippen molar-refractivity contribution in [2.75, 3.05) is 5.32 Å². The number of anilines is 1. The molecule has 0 unspecified atom stereocenters. The van der Waals surface area contributed by atoms with Gasteiger partial charge >= 0.3 is 0 Å². The first-order valence-electron chi connectivity index (χ1n) is 8.78. The number of amides is 1. The van der Waals surface area contributed by atoms with E-state index in [9.17, 15) is 14.0 Å². The van der Waals surface area contributed by atoms with Crippen molar-refractivity contribution in [1.82, 2.24) is 14.1 Å². The molecule has 1 aliphatic rings. The zero-order valence-electron chi connectivity index (χ0n) is 14.8. The molecule has 0 aliphatic carbocycles. The van der Waals surface area contributed by atoms with Crippen molar-refractivity contribution in [3.05, 3.63) is 57.0 Å². The van der Waals surface area contributed by atoms with Gasteiger partial charge in [0.15, 0.2) is 0 Å². The van der Waals surface area contributed by atoms with Crippen LogP contribution in [0.5, 0.6) is 0 Å². The van der Waals surface area contributed by atoms with Crippen molar-refractivity contribution in [2.45, 2.75) is 39.3 Å². The maximum Gasteiger partial charge on any atom is 0.278 e. The van der Waals surface area contributed by atoms with Gasteiger partial charge in [0.2, 0.25) is 5.91 Å². The van der Waals surface area contributed by atoms with Crippen LogP contribution in [0.3, 0.4) is 0 Å². The number of aromatic nitrogens is 3. The van der Waals surface area contributed by atoms with Crippen LogP contribution >= 0.6 is 11.6 Å². The van der Waals surface area contributed by atoms with Crippen LogP contribution in [0.4, 0.5) is 10.1 Å². The minimum absolute atomic E-state index is 0.0470. The smallest absolute Gasteiger partial charge is 0.278 e. The van der Waals surface area contributed by atoms with E-state index in [1.807, 2.05) is 13.0 Å². The molecule has 1 N–H and O–H groups in total. The van der Waals surface area contributed by atoms with Crippen molar-refractivity contribution in [3.8, 4) is 0 Å². The number of nitrogens with one attached hydrogen (secondary N) is 1. The highest BCUT2D eigenvalue weighted by molar-refractivity contribution is 6.30. The van der Waals surface area contributed by atoms with E-state index in [2.05, 4.69) is 10.3 Å². The molecule has 0 fully saturated rings.